The molecule has 0 radical (unpaired) electrons. The number of carbonyl (C=O) groups excluding carboxylic acids is 1. The Kier molecular flexibility index (Phi) is 6.25. The molecule has 0 spiro atoms. The van der Waals surface area contributed by atoms with Crippen molar-refractivity contribution < 1.29 is 18.9 Å². The van der Waals surface area contributed by atoms with Gasteiger partial charge in [-0.05, 0) is 31.2 Å². The lowest BCUT2D eigenvalue weighted by Gasteiger charge is -2.07. The predicted octanol–water partition coefficient (Wildman–Crippen LogP) is 4.80. The van der Waals surface area contributed by atoms with E-state index in [1.807, 2.05) is 13.0 Å². The number of ether oxygens (including phenoxy) is 1. The number of nitro benzene ring substituents is 1. The second kappa shape index (κ2) is 9.21. The Morgan fingerprint density at radius 3 is 2.77 bits per heavy atom. The lowest BCUT2D eigenvalue weighted by molar-refractivity contribution is -0.384. The molecule has 0 aliphatic heterocycles. The molecule has 30 heavy (non-hydrogen) atoms. The van der Waals surface area contributed by atoms with Crippen LogP contribution in [-0.2, 0) is 4.79 Å². The maximum atomic E-state index is 12.5. The monoisotopic (exact) mass is 403 g/mol. The van der Waals surface area contributed by atoms with Gasteiger partial charge in [0.25, 0.3) is 11.6 Å². The Morgan fingerprint density at radius 1 is 1.23 bits per heavy atom. The number of furan rings is 1. The van der Waals surface area contributed by atoms with Crippen molar-refractivity contribution in [2.45, 2.75) is 6.92 Å². The Bertz CT molecular complexity index is 1160. The Balaban J connectivity index is 1.79. The number of rotatable bonds is 7. The zero-order chi connectivity index (χ0) is 21.5. The lowest BCUT2D eigenvalue weighted by Crippen LogP contribution is -2.13. The molecule has 2 aromatic carbocycles. The van der Waals surface area contributed by atoms with E-state index in [9.17, 15) is 20.2 Å². The van der Waals surface area contributed by atoms with Crippen LogP contribution in [0.5, 0.6) is 5.75 Å². The second-order valence-electron chi connectivity index (χ2n) is 6.09. The zero-order valence-corrected chi connectivity index (χ0v) is 16.0. The number of nitriles is 1. The fraction of sp³-hybridized carbons (Fsp3) is 0.0909. The summed E-state index contributed by atoms with van der Waals surface area (Å²) in [7, 11) is 0. The number of carbonyl (C=O) groups is 1. The average molecular weight is 403 g/mol. The number of amides is 1. The van der Waals surface area contributed by atoms with Gasteiger partial charge >= 0.3 is 0 Å². The number of benzene rings is 2. The summed E-state index contributed by atoms with van der Waals surface area (Å²) in [5.74, 6) is 0.656. The average Bonchev–Trinajstić information content (AvgIpc) is 3.21. The molecule has 0 fully saturated rings. The van der Waals surface area contributed by atoms with Gasteiger partial charge in [0, 0.05) is 35.5 Å². The topological polar surface area (TPSA) is 118 Å². The Labute approximate surface area is 172 Å². The quantitative estimate of drug-likeness (QED) is 0.262. The minimum atomic E-state index is -0.598. The number of hydrogen-bond acceptors (Lipinski definition) is 6. The molecular weight excluding hydrogens is 386 g/mol. The first-order valence-electron chi connectivity index (χ1n) is 9.01. The minimum Gasteiger partial charge on any atom is -0.494 e. The first-order valence-corrected chi connectivity index (χ1v) is 9.01. The van der Waals surface area contributed by atoms with E-state index in [0.29, 0.717) is 29.4 Å². The van der Waals surface area contributed by atoms with Gasteiger partial charge in [-0.3, -0.25) is 14.9 Å². The van der Waals surface area contributed by atoms with E-state index >= 15 is 0 Å². The van der Waals surface area contributed by atoms with Gasteiger partial charge in [0.2, 0.25) is 0 Å². The number of hydrogen-bond donors (Lipinski definition) is 1. The van der Waals surface area contributed by atoms with Crippen molar-refractivity contribution >= 4 is 23.4 Å². The molecule has 3 aromatic rings. The van der Waals surface area contributed by atoms with Crippen LogP contribution in [0.2, 0.25) is 0 Å². The fourth-order valence-electron chi connectivity index (χ4n) is 2.68. The highest BCUT2D eigenvalue weighted by Gasteiger charge is 2.13. The molecule has 0 aliphatic rings. The smallest absolute Gasteiger partial charge is 0.270 e. The van der Waals surface area contributed by atoms with Crippen molar-refractivity contribution in [3.05, 3.63) is 82.1 Å². The van der Waals surface area contributed by atoms with Crippen molar-refractivity contribution in [3.8, 4) is 23.1 Å². The third-order valence-electron chi connectivity index (χ3n) is 4.02. The van der Waals surface area contributed by atoms with Crippen LogP contribution in [0.15, 0.2) is 70.7 Å². The van der Waals surface area contributed by atoms with Crippen LogP contribution in [0.1, 0.15) is 12.7 Å². The molecule has 0 saturated heterocycles. The molecule has 0 saturated carbocycles. The van der Waals surface area contributed by atoms with Crippen LogP contribution in [0, 0.1) is 21.4 Å². The van der Waals surface area contributed by atoms with Gasteiger partial charge in [0.05, 0.1) is 11.5 Å². The van der Waals surface area contributed by atoms with Crippen molar-refractivity contribution in [2.75, 3.05) is 11.9 Å². The Hall–Kier alpha value is -4.38. The van der Waals surface area contributed by atoms with Crippen LogP contribution >= 0.6 is 0 Å². The number of nitrogens with one attached hydrogen (secondary N) is 1. The first kappa shape index (κ1) is 20.4. The normalized spacial score (nSPS) is 10.9. The van der Waals surface area contributed by atoms with Gasteiger partial charge < -0.3 is 14.5 Å². The largest absolute Gasteiger partial charge is 0.494 e. The van der Waals surface area contributed by atoms with E-state index in [2.05, 4.69) is 5.32 Å². The third-order valence-corrected chi connectivity index (χ3v) is 4.02. The van der Waals surface area contributed by atoms with E-state index < -0.39 is 10.8 Å². The molecular formula is C22H17N3O5. The Morgan fingerprint density at radius 2 is 2.03 bits per heavy atom. The van der Waals surface area contributed by atoms with Crippen molar-refractivity contribution in [1.29, 1.82) is 5.26 Å². The summed E-state index contributed by atoms with van der Waals surface area (Å²) in [5.41, 5.74) is 0.785. The zero-order valence-electron chi connectivity index (χ0n) is 16.0. The van der Waals surface area contributed by atoms with Gasteiger partial charge in [-0.25, -0.2) is 0 Å². The van der Waals surface area contributed by atoms with E-state index in [0.717, 1.165) is 0 Å². The molecule has 1 aromatic heterocycles. The van der Waals surface area contributed by atoms with Crippen LogP contribution in [-0.4, -0.2) is 17.4 Å². The van der Waals surface area contributed by atoms with Crippen LogP contribution < -0.4 is 10.1 Å². The fourth-order valence-corrected chi connectivity index (χ4v) is 2.68. The molecule has 3 rings (SSSR count). The summed E-state index contributed by atoms with van der Waals surface area (Å²) >= 11 is 0. The van der Waals surface area contributed by atoms with Crippen molar-refractivity contribution in [3.63, 3.8) is 0 Å². The maximum absolute atomic E-state index is 12.5. The first-order chi connectivity index (χ1) is 14.5. The number of nitrogens with zero attached hydrogens (tertiary/aromatic N) is 2. The van der Waals surface area contributed by atoms with Gasteiger partial charge in [-0.2, -0.15) is 5.26 Å². The lowest BCUT2D eigenvalue weighted by atomic mass is 10.1. The third kappa shape index (κ3) is 4.91. The summed E-state index contributed by atoms with van der Waals surface area (Å²) < 4.78 is 11.0. The summed E-state index contributed by atoms with van der Waals surface area (Å²) in [4.78, 5) is 22.9. The second-order valence-corrected chi connectivity index (χ2v) is 6.09. The van der Waals surface area contributed by atoms with Crippen LogP contribution in [0.3, 0.4) is 0 Å². The van der Waals surface area contributed by atoms with E-state index in [-0.39, 0.29) is 17.0 Å². The number of anilines is 1. The molecule has 0 aliphatic carbocycles. The van der Waals surface area contributed by atoms with Gasteiger partial charge in [0.15, 0.2) is 0 Å². The highest BCUT2D eigenvalue weighted by Crippen LogP contribution is 2.26. The molecule has 8 heteroatoms. The molecule has 0 bridgehead atoms. The predicted molar refractivity (Wildman–Crippen MR) is 111 cm³/mol. The highest BCUT2D eigenvalue weighted by atomic mass is 16.6. The van der Waals surface area contributed by atoms with Crippen molar-refractivity contribution in [2.24, 2.45) is 0 Å². The minimum absolute atomic E-state index is 0.0626. The molecule has 1 N–H and O–H groups in total. The van der Waals surface area contributed by atoms with Gasteiger partial charge in [-0.15, -0.1) is 0 Å². The van der Waals surface area contributed by atoms with Gasteiger partial charge in [0.1, 0.15) is 28.9 Å². The van der Waals surface area contributed by atoms with Crippen molar-refractivity contribution in [1.82, 2.24) is 0 Å². The number of nitro groups is 1. The SMILES string of the molecule is CCOc1cccc(NC(=O)/C(C#N)=C\c2ccc(-c3cccc([N+](=O)[O-])c3)o2)c1. The maximum Gasteiger partial charge on any atom is 0.270 e. The molecule has 0 unspecified atom stereocenters. The van der Waals surface area contributed by atoms with E-state index in [1.165, 1.54) is 18.2 Å². The van der Waals surface area contributed by atoms with Crippen LogP contribution in [0.4, 0.5) is 11.4 Å². The molecule has 150 valence electrons. The van der Waals surface area contributed by atoms with Crippen LogP contribution in [0.25, 0.3) is 17.4 Å². The number of non-ortho nitro benzene ring substituents is 1. The molecule has 1 heterocycles. The molecule has 1 amide bonds. The summed E-state index contributed by atoms with van der Waals surface area (Å²) in [6, 6.07) is 17.9. The molecule has 0 atom stereocenters. The van der Waals surface area contributed by atoms with E-state index in [1.54, 1.807) is 48.5 Å². The summed E-state index contributed by atoms with van der Waals surface area (Å²) in [6.45, 7) is 2.35. The summed E-state index contributed by atoms with van der Waals surface area (Å²) in [5, 5.41) is 23.0. The van der Waals surface area contributed by atoms with E-state index in [4.69, 9.17) is 9.15 Å². The highest BCUT2D eigenvalue weighted by molar-refractivity contribution is 6.09. The summed E-state index contributed by atoms with van der Waals surface area (Å²) in [6.07, 6.45) is 1.31. The van der Waals surface area contributed by atoms with Gasteiger partial charge in [-0.1, -0.05) is 18.2 Å². The standard InChI is InChI=1S/C22H17N3O5/c1-2-29-19-8-4-6-17(13-19)24-22(26)16(14-23)12-20-9-10-21(30-20)15-5-3-7-18(11-15)25(27)28/h3-13H,2H2,1H3,(H,24,26)/b16-12-. The molecule has 8 nitrogen and oxygen atoms in total.